The van der Waals surface area contributed by atoms with Gasteiger partial charge in [0.2, 0.25) is 5.91 Å². The predicted octanol–water partition coefficient (Wildman–Crippen LogP) is 4.43. The number of piperidine rings is 1. The molecule has 0 radical (unpaired) electrons. The first-order valence-electron chi connectivity index (χ1n) is 14.1. The van der Waals surface area contributed by atoms with Crippen LogP contribution in [0.5, 0.6) is 5.75 Å². The van der Waals surface area contributed by atoms with Gasteiger partial charge >= 0.3 is 6.01 Å². The van der Waals surface area contributed by atoms with Gasteiger partial charge in [0, 0.05) is 44.1 Å². The van der Waals surface area contributed by atoms with Gasteiger partial charge in [-0.25, -0.2) is 4.39 Å². The van der Waals surface area contributed by atoms with Crippen LogP contribution in [-0.2, 0) is 11.2 Å². The average molecular weight is 529 g/mol. The molecule has 1 aromatic heterocycles. The number of carbonyl (C=O) groups is 1. The van der Waals surface area contributed by atoms with Gasteiger partial charge in [0.1, 0.15) is 11.6 Å². The second kappa shape index (κ2) is 10.8. The number of carbonyl (C=O) groups excluding carboxylic acids is 1. The molecule has 1 aliphatic carbocycles. The van der Waals surface area contributed by atoms with Crippen molar-refractivity contribution in [2.45, 2.75) is 71.3 Å². The predicted molar refractivity (Wildman–Crippen MR) is 142 cm³/mol. The van der Waals surface area contributed by atoms with Crippen LogP contribution in [0.1, 0.15) is 70.7 Å². The van der Waals surface area contributed by atoms with Crippen molar-refractivity contribution in [2.75, 3.05) is 37.7 Å². The Kier molecular flexibility index (Phi) is 7.67. The number of benzene rings is 1. The van der Waals surface area contributed by atoms with E-state index >= 15 is 0 Å². The van der Waals surface area contributed by atoms with E-state index in [2.05, 4.69) is 28.9 Å². The highest BCUT2D eigenvalue weighted by Gasteiger charge is 2.43. The zero-order valence-corrected chi connectivity index (χ0v) is 23.0. The summed E-state index contributed by atoms with van der Waals surface area (Å²) in [6.07, 6.45) is 4.53. The summed E-state index contributed by atoms with van der Waals surface area (Å²) in [5, 5.41) is 14.1. The van der Waals surface area contributed by atoms with Crippen molar-refractivity contribution in [2.24, 2.45) is 23.7 Å². The summed E-state index contributed by atoms with van der Waals surface area (Å²) in [6.45, 7) is 11.2. The second-order valence-electron chi connectivity index (χ2n) is 12.3. The lowest BCUT2D eigenvalue weighted by Crippen LogP contribution is -2.57. The third-order valence-electron chi connectivity index (χ3n) is 8.70. The molecule has 0 spiro atoms. The average Bonchev–Trinajstić information content (AvgIpc) is 3.41. The molecule has 3 heterocycles. The Morgan fingerprint density at radius 3 is 2.63 bits per heavy atom. The van der Waals surface area contributed by atoms with Crippen LogP contribution in [0.4, 0.5) is 10.4 Å². The number of nitrogens with zero attached hydrogens (tertiary/aromatic N) is 4. The fraction of sp³-hybridized carbons (Fsp3) is 0.690. The number of ether oxygens (including phenoxy) is 1. The number of rotatable bonds is 10. The summed E-state index contributed by atoms with van der Waals surface area (Å²) in [5.41, 5.74) is -0.420. The third kappa shape index (κ3) is 6.14. The first-order chi connectivity index (χ1) is 18.1. The Hall–Kier alpha value is -2.68. The molecule has 2 aliphatic heterocycles. The van der Waals surface area contributed by atoms with Gasteiger partial charge in [0.15, 0.2) is 5.82 Å². The minimum absolute atomic E-state index is 0.0264. The van der Waals surface area contributed by atoms with Crippen LogP contribution in [-0.4, -0.2) is 64.4 Å². The Bertz CT molecular complexity index is 1120. The van der Waals surface area contributed by atoms with Crippen LogP contribution >= 0.6 is 0 Å². The molecular weight excluding hydrogens is 487 g/mol. The molecule has 0 bridgehead atoms. The van der Waals surface area contributed by atoms with E-state index in [4.69, 9.17) is 9.26 Å². The van der Waals surface area contributed by atoms with Gasteiger partial charge in [-0.1, -0.05) is 25.1 Å². The summed E-state index contributed by atoms with van der Waals surface area (Å²) in [5.74, 6) is 3.24. The van der Waals surface area contributed by atoms with Gasteiger partial charge in [0.25, 0.3) is 0 Å². The molecule has 2 atom stereocenters. The topological polar surface area (TPSA) is 91.9 Å². The van der Waals surface area contributed by atoms with E-state index in [-0.39, 0.29) is 24.2 Å². The molecule has 1 N–H and O–H groups in total. The van der Waals surface area contributed by atoms with Gasteiger partial charge in [-0.3, -0.25) is 4.79 Å². The van der Waals surface area contributed by atoms with Crippen LogP contribution in [0.25, 0.3) is 0 Å². The minimum atomic E-state index is -0.799. The molecule has 2 aromatic rings. The van der Waals surface area contributed by atoms with E-state index < -0.39 is 11.4 Å². The largest absolute Gasteiger partial charge is 0.493 e. The summed E-state index contributed by atoms with van der Waals surface area (Å²) in [7, 11) is 0. The minimum Gasteiger partial charge on any atom is -0.493 e. The fourth-order valence-corrected chi connectivity index (χ4v) is 5.78. The van der Waals surface area contributed by atoms with E-state index in [0.717, 1.165) is 50.0 Å². The number of aromatic nitrogens is 2. The van der Waals surface area contributed by atoms with Crippen molar-refractivity contribution < 1.29 is 23.6 Å². The molecule has 208 valence electrons. The zero-order chi connectivity index (χ0) is 27.0. The SMILES string of the molecule is CC(C)c1noc(N2CCC(C3CC3CCOc3ccc(CC(=O)N4CC(C(C)(C)O)C4)c(F)c3)CC2)n1. The van der Waals surface area contributed by atoms with Gasteiger partial charge in [-0.05, 0) is 68.9 Å². The van der Waals surface area contributed by atoms with Crippen LogP contribution in [0.15, 0.2) is 22.7 Å². The first-order valence-corrected chi connectivity index (χ1v) is 14.1. The van der Waals surface area contributed by atoms with E-state index in [1.165, 1.54) is 12.5 Å². The highest BCUT2D eigenvalue weighted by atomic mass is 19.1. The molecule has 3 aliphatic rings. The van der Waals surface area contributed by atoms with Gasteiger partial charge in [0.05, 0.1) is 18.6 Å². The maximum Gasteiger partial charge on any atom is 0.324 e. The number of likely N-dealkylation sites (tertiary alicyclic amines) is 1. The second-order valence-corrected chi connectivity index (χ2v) is 12.3. The normalized spacial score (nSPS) is 22.6. The third-order valence-corrected chi connectivity index (χ3v) is 8.70. The van der Waals surface area contributed by atoms with Crippen LogP contribution in [0.2, 0.25) is 0 Å². The smallest absolute Gasteiger partial charge is 0.324 e. The molecule has 1 aromatic carbocycles. The molecule has 2 unspecified atom stereocenters. The Labute approximate surface area is 224 Å². The Morgan fingerprint density at radius 2 is 2.00 bits per heavy atom. The van der Waals surface area contributed by atoms with Gasteiger partial charge < -0.3 is 24.2 Å². The molecule has 1 amide bonds. The fourth-order valence-electron chi connectivity index (χ4n) is 5.78. The maximum absolute atomic E-state index is 14.7. The Morgan fingerprint density at radius 1 is 1.26 bits per heavy atom. The monoisotopic (exact) mass is 528 g/mol. The lowest BCUT2D eigenvalue weighted by molar-refractivity contribution is -0.143. The molecular formula is C29H41FN4O4. The number of hydrogen-bond donors (Lipinski definition) is 1. The van der Waals surface area contributed by atoms with Crippen molar-refractivity contribution in [3.8, 4) is 5.75 Å². The van der Waals surface area contributed by atoms with Gasteiger partial charge in [-0.15, -0.1) is 0 Å². The van der Waals surface area contributed by atoms with Crippen molar-refractivity contribution >= 4 is 11.9 Å². The van der Waals surface area contributed by atoms with Crippen molar-refractivity contribution in [1.82, 2.24) is 15.0 Å². The highest BCUT2D eigenvalue weighted by Crippen LogP contribution is 2.50. The molecule has 3 fully saturated rings. The molecule has 2 saturated heterocycles. The van der Waals surface area contributed by atoms with E-state index in [9.17, 15) is 14.3 Å². The van der Waals surface area contributed by atoms with E-state index in [0.29, 0.717) is 42.9 Å². The van der Waals surface area contributed by atoms with Gasteiger partial charge in [-0.2, -0.15) is 4.98 Å². The van der Waals surface area contributed by atoms with Crippen molar-refractivity contribution in [3.63, 3.8) is 0 Å². The molecule has 5 rings (SSSR count). The zero-order valence-electron chi connectivity index (χ0n) is 23.0. The number of aliphatic hydroxyl groups is 1. The van der Waals surface area contributed by atoms with Crippen LogP contribution in [0, 0.1) is 29.5 Å². The standard InChI is InChI=1S/C29H41FN4O4/c1-18(2)27-31-28(38-32-27)33-10-7-19(8-11-33)24-13-20(24)9-12-37-23-6-5-21(25(30)15-23)14-26(35)34-16-22(17-34)29(3,4)36/h5-6,15,18-20,22,24,36H,7-14,16-17H2,1-4H3. The van der Waals surface area contributed by atoms with Crippen LogP contribution in [0.3, 0.4) is 0 Å². The van der Waals surface area contributed by atoms with E-state index in [1.54, 1.807) is 30.9 Å². The van der Waals surface area contributed by atoms with Crippen molar-refractivity contribution in [1.29, 1.82) is 0 Å². The highest BCUT2D eigenvalue weighted by molar-refractivity contribution is 5.79. The lowest BCUT2D eigenvalue weighted by Gasteiger charge is -2.45. The number of hydrogen-bond acceptors (Lipinski definition) is 7. The number of amides is 1. The molecule has 38 heavy (non-hydrogen) atoms. The molecule has 8 nitrogen and oxygen atoms in total. The quantitative estimate of drug-likeness (QED) is 0.488. The lowest BCUT2D eigenvalue weighted by atomic mass is 9.84. The van der Waals surface area contributed by atoms with Crippen LogP contribution < -0.4 is 9.64 Å². The molecule has 1 saturated carbocycles. The van der Waals surface area contributed by atoms with Crippen molar-refractivity contribution in [3.05, 3.63) is 35.4 Å². The Balaban J connectivity index is 1.00. The number of halogens is 1. The summed E-state index contributed by atoms with van der Waals surface area (Å²) >= 11 is 0. The molecule has 9 heteroatoms. The summed E-state index contributed by atoms with van der Waals surface area (Å²) in [4.78, 5) is 20.9. The number of anilines is 1. The maximum atomic E-state index is 14.7. The summed E-state index contributed by atoms with van der Waals surface area (Å²) < 4.78 is 26.0. The summed E-state index contributed by atoms with van der Waals surface area (Å²) in [6, 6.07) is 5.44. The van der Waals surface area contributed by atoms with E-state index in [1.807, 2.05) is 0 Å². The first kappa shape index (κ1) is 26.9.